The lowest BCUT2D eigenvalue weighted by Gasteiger charge is -2.14. The van der Waals surface area contributed by atoms with E-state index in [0.29, 0.717) is 18.4 Å². The third-order valence-corrected chi connectivity index (χ3v) is 4.04. The molecule has 0 spiro atoms. The summed E-state index contributed by atoms with van der Waals surface area (Å²) >= 11 is 1.51. The van der Waals surface area contributed by atoms with Crippen LogP contribution < -0.4 is 0 Å². The maximum atomic E-state index is 13.8. The largest absolute Gasteiger partial charge is 0.481 e. The van der Waals surface area contributed by atoms with Crippen molar-refractivity contribution >= 4 is 17.7 Å². The molecular formula is C12H13FO2S. The number of hydrogen-bond acceptors (Lipinski definition) is 2. The number of aryl methyl sites for hydroxylation is 1. The Balaban J connectivity index is 2.53. The Bertz CT molecular complexity index is 453. The molecule has 1 aromatic carbocycles. The highest BCUT2D eigenvalue weighted by Crippen LogP contribution is 2.50. The van der Waals surface area contributed by atoms with E-state index in [2.05, 4.69) is 0 Å². The lowest BCUT2D eigenvalue weighted by atomic mass is 9.94. The number of benzene rings is 1. The lowest BCUT2D eigenvalue weighted by Crippen LogP contribution is -2.21. The van der Waals surface area contributed by atoms with Crippen LogP contribution in [0.25, 0.3) is 0 Å². The van der Waals surface area contributed by atoms with Gasteiger partial charge in [-0.25, -0.2) is 4.39 Å². The Morgan fingerprint density at radius 1 is 1.50 bits per heavy atom. The molecule has 1 aliphatic carbocycles. The molecule has 1 saturated carbocycles. The Kier molecular flexibility index (Phi) is 2.70. The molecule has 0 aromatic heterocycles. The monoisotopic (exact) mass is 240 g/mol. The first kappa shape index (κ1) is 11.5. The van der Waals surface area contributed by atoms with E-state index in [1.807, 2.05) is 13.2 Å². The molecule has 86 valence electrons. The summed E-state index contributed by atoms with van der Waals surface area (Å²) in [4.78, 5) is 12.1. The van der Waals surface area contributed by atoms with Gasteiger partial charge in [0.05, 0.1) is 5.41 Å². The van der Waals surface area contributed by atoms with Gasteiger partial charge in [0.25, 0.3) is 0 Å². The van der Waals surface area contributed by atoms with Gasteiger partial charge in [-0.1, -0.05) is 0 Å². The molecule has 1 fully saturated rings. The molecule has 1 N–H and O–H groups in total. The summed E-state index contributed by atoms with van der Waals surface area (Å²) in [6.07, 6.45) is 2.98. The first-order valence-electron chi connectivity index (χ1n) is 5.09. The number of carboxylic acid groups (broad SMARTS) is 1. The molecule has 0 saturated heterocycles. The fraction of sp³-hybridized carbons (Fsp3) is 0.417. The van der Waals surface area contributed by atoms with Gasteiger partial charge in [0.15, 0.2) is 0 Å². The third-order valence-electron chi connectivity index (χ3n) is 3.16. The Morgan fingerprint density at radius 3 is 2.56 bits per heavy atom. The minimum absolute atomic E-state index is 0.343. The second-order valence-corrected chi connectivity index (χ2v) is 5.04. The number of thioether (sulfide) groups is 1. The Hall–Kier alpha value is -1.03. The molecular weight excluding hydrogens is 227 g/mol. The summed E-state index contributed by atoms with van der Waals surface area (Å²) in [6, 6.07) is 3.13. The average molecular weight is 240 g/mol. The number of aliphatic carboxylic acids is 1. The first-order chi connectivity index (χ1) is 7.51. The van der Waals surface area contributed by atoms with E-state index in [4.69, 9.17) is 5.11 Å². The van der Waals surface area contributed by atoms with Gasteiger partial charge >= 0.3 is 5.97 Å². The van der Waals surface area contributed by atoms with Crippen molar-refractivity contribution in [1.82, 2.24) is 0 Å². The van der Waals surface area contributed by atoms with Crippen molar-refractivity contribution in [2.45, 2.75) is 30.1 Å². The third kappa shape index (κ3) is 1.61. The Labute approximate surface area is 97.9 Å². The van der Waals surface area contributed by atoms with Crippen LogP contribution >= 0.6 is 11.8 Å². The number of rotatable bonds is 3. The smallest absolute Gasteiger partial charge is 0.314 e. The van der Waals surface area contributed by atoms with Gasteiger partial charge in [-0.3, -0.25) is 4.79 Å². The quantitative estimate of drug-likeness (QED) is 0.825. The highest BCUT2D eigenvalue weighted by atomic mass is 32.2. The second-order valence-electron chi connectivity index (χ2n) is 4.19. The van der Waals surface area contributed by atoms with Crippen molar-refractivity contribution in [3.05, 3.63) is 29.1 Å². The van der Waals surface area contributed by atoms with Crippen LogP contribution in [0.5, 0.6) is 0 Å². The minimum atomic E-state index is -0.956. The maximum absolute atomic E-state index is 13.8. The van der Waals surface area contributed by atoms with Crippen LogP contribution in [0.4, 0.5) is 4.39 Å². The Morgan fingerprint density at radius 2 is 2.12 bits per heavy atom. The lowest BCUT2D eigenvalue weighted by molar-refractivity contribution is -0.140. The van der Waals surface area contributed by atoms with Crippen molar-refractivity contribution in [2.75, 3.05) is 6.26 Å². The molecule has 0 aliphatic heterocycles. The number of carboxylic acids is 1. The SMILES string of the molecule is CSc1cc(C2(C(=O)O)CC2)c(F)cc1C. The van der Waals surface area contributed by atoms with E-state index in [0.717, 1.165) is 10.5 Å². The molecule has 1 aliphatic rings. The van der Waals surface area contributed by atoms with Crippen LogP contribution in [0.2, 0.25) is 0 Å². The normalized spacial score (nSPS) is 17.2. The molecule has 2 rings (SSSR count). The van der Waals surface area contributed by atoms with Crippen LogP contribution in [0.1, 0.15) is 24.0 Å². The molecule has 1 aromatic rings. The van der Waals surface area contributed by atoms with Crippen LogP contribution in [-0.2, 0) is 10.2 Å². The zero-order valence-electron chi connectivity index (χ0n) is 9.21. The maximum Gasteiger partial charge on any atom is 0.314 e. The topological polar surface area (TPSA) is 37.3 Å². The van der Waals surface area contributed by atoms with Gasteiger partial charge in [-0.05, 0) is 43.7 Å². The van der Waals surface area contributed by atoms with E-state index in [1.54, 1.807) is 6.07 Å². The summed E-state index contributed by atoms with van der Waals surface area (Å²) in [6.45, 7) is 1.83. The molecule has 0 unspecified atom stereocenters. The van der Waals surface area contributed by atoms with Gasteiger partial charge in [-0.2, -0.15) is 0 Å². The van der Waals surface area contributed by atoms with E-state index in [1.165, 1.54) is 17.8 Å². The van der Waals surface area contributed by atoms with Crippen LogP contribution in [-0.4, -0.2) is 17.3 Å². The number of hydrogen-bond donors (Lipinski definition) is 1. The highest BCUT2D eigenvalue weighted by molar-refractivity contribution is 7.98. The van der Waals surface area contributed by atoms with Crippen LogP contribution in [0.15, 0.2) is 17.0 Å². The van der Waals surface area contributed by atoms with Crippen molar-refractivity contribution in [3.8, 4) is 0 Å². The minimum Gasteiger partial charge on any atom is -0.481 e. The summed E-state index contributed by atoms with van der Waals surface area (Å²) in [7, 11) is 0. The predicted molar refractivity (Wildman–Crippen MR) is 61.5 cm³/mol. The van der Waals surface area contributed by atoms with Crippen molar-refractivity contribution in [2.24, 2.45) is 0 Å². The second kappa shape index (κ2) is 3.77. The zero-order valence-corrected chi connectivity index (χ0v) is 10.0. The van der Waals surface area contributed by atoms with Crippen LogP contribution in [0.3, 0.4) is 0 Å². The van der Waals surface area contributed by atoms with Gasteiger partial charge in [0.2, 0.25) is 0 Å². The summed E-state index contributed by atoms with van der Waals surface area (Å²) < 4.78 is 13.8. The van der Waals surface area contributed by atoms with Crippen molar-refractivity contribution in [1.29, 1.82) is 0 Å². The summed E-state index contributed by atoms with van der Waals surface area (Å²) in [5, 5.41) is 9.14. The zero-order chi connectivity index (χ0) is 11.9. The van der Waals surface area contributed by atoms with Gasteiger partial charge in [0, 0.05) is 10.5 Å². The molecule has 0 amide bonds. The molecule has 0 radical (unpaired) electrons. The summed E-state index contributed by atoms with van der Waals surface area (Å²) in [5.41, 5.74) is 0.243. The van der Waals surface area contributed by atoms with E-state index in [9.17, 15) is 9.18 Å². The van der Waals surface area contributed by atoms with Gasteiger partial charge in [0.1, 0.15) is 5.82 Å². The number of halogens is 1. The fourth-order valence-electron chi connectivity index (χ4n) is 1.96. The predicted octanol–water partition coefficient (Wildman–Crippen LogP) is 2.97. The molecule has 16 heavy (non-hydrogen) atoms. The number of carbonyl (C=O) groups is 1. The van der Waals surface area contributed by atoms with Crippen LogP contribution in [0, 0.1) is 12.7 Å². The standard InChI is InChI=1S/C12H13FO2S/c1-7-5-9(13)8(6-10(7)16-2)12(3-4-12)11(14)15/h5-6H,3-4H2,1-2H3,(H,14,15). The van der Waals surface area contributed by atoms with Crippen molar-refractivity contribution < 1.29 is 14.3 Å². The van der Waals surface area contributed by atoms with E-state index >= 15 is 0 Å². The molecule has 0 atom stereocenters. The van der Waals surface area contributed by atoms with Gasteiger partial charge in [-0.15, -0.1) is 11.8 Å². The summed E-state index contributed by atoms with van der Waals surface area (Å²) in [5.74, 6) is -1.31. The molecule has 2 nitrogen and oxygen atoms in total. The first-order valence-corrected chi connectivity index (χ1v) is 6.32. The van der Waals surface area contributed by atoms with E-state index in [-0.39, 0.29) is 0 Å². The van der Waals surface area contributed by atoms with Gasteiger partial charge < -0.3 is 5.11 Å². The molecule has 0 bridgehead atoms. The highest BCUT2D eigenvalue weighted by Gasteiger charge is 2.53. The average Bonchev–Trinajstić information content (AvgIpc) is 2.99. The molecule has 0 heterocycles. The van der Waals surface area contributed by atoms with E-state index < -0.39 is 17.2 Å². The van der Waals surface area contributed by atoms with Crippen molar-refractivity contribution in [3.63, 3.8) is 0 Å². The molecule has 4 heteroatoms. The fourth-order valence-corrected chi connectivity index (χ4v) is 2.58.